The van der Waals surface area contributed by atoms with Crippen molar-refractivity contribution in [3.63, 3.8) is 0 Å². The van der Waals surface area contributed by atoms with Crippen molar-refractivity contribution in [1.82, 2.24) is 10.6 Å². The van der Waals surface area contributed by atoms with Gasteiger partial charge >= 0.3 is 7.12 Å². The van der Waals surface area contributed by atoms with Crippen LogP contribution in [0.1, 0.15) is 98.5 Å². The molecule has 2 aromatic carbocycles. The Morgan fingerprint density at radius 2 is 1.12 bits per heavy atom. The van der Waals surface area contributed by atoms with Crippen LogP contribution in [-0.4, -0.2) is 87.7 Å². The summed E-state index contributed by atoms with van der Waals surface area (Å²) < 4.78 is 76.2. The molecule has 2 aliphatic carbocycles. The SMILES string of the molecule is CNC(=O)c1c(C2=CCCC2)oc2cc(N(C)S(C)(=O)=O)c(B3OC(C)(C)C(C)(C)O3)cc12.CNC(=O)c1c(C2=CCCC2)oc2cc(N(C)S(C)(=O)=O)c(Br)cc12. The molecule has 0 atom stereocenters. The Hall–Kier alpha value is -4.10. The molecule has 3 aliphatic rings. The van der Waals surface area contributed by atoms with E-state index in [0.29, 0.717) is 65.9 Å². The highest BCUT2D eigenvalue weighted by Crippen LogP contribution is 2.42. The fourth-order valence-electron chi connectivity index (χ4n) is 7.19. The second-order valence-corrected chi connectivity index (χ2v) is 20.7. The van der Waals surface area contributed by atoms with Crippen LogP contribution < -0.4 is 24.7 Å². The van der Waals surface area contributed by atoms with Gasteiger partial charge in [-0.2, -0.15) is 0 Å². The number of anilines is 2. The highest BCUT2D eigenvalue weighted by molar-refractivity contribution is 9.10. The number of fused-ring (bicyclic) bond motifs is 2. The fourth-order valence-corrected chi connectivity index (χ4v) is 8.94. The minimum Gasteiger partial charge on any atom is -0.455 e. The van der Waals surface area contributed by atoms with Crippen molar-refractivity contribution in [2.24, 2.45) is 0 Å². The number of carbonyl (C=O) groups excluding carboxylic acids is 2. The molecule has 1 fully saturated rings. The normalized spacial score (nSPS) is 17.5. The summed E-state index contributed by atoms with van der Waals surface area (Å²) in [6, 6.07) is 6.80. The summed E-state index contributed by atoms with van der Waals surface area (Å²) in [4.78, 5) is 25.4. The zero-order valence-corrected chi connectivity index (χ0v) is 37.7. The lowest BCUT2D eigenvalue weighted by Gasteiger charge is -2.32. The summed E-state index contributed by atoms with van der Waals surface area (Å²) in [7, 11) is -1.71. The van der Waals surface area contributed by atoms with Crippen LogP contribution in [0, 0.1) is 0 Å². The molecule has 0 saturated carbocycles. The molecule has 7 rings (SSSR count). The number of benzene rings is 2. The van der Waals surface area contributed by atoms with Gasteiger partial charge in [-0.25, -0.2) is 16.8 Å². The first-order valence-corrected chi connectivity index (χ1v) is 23.4. The number of nitrogens with zero attached hydrogens (tertiary/aromatic N) is 2. The van der Waals surface area contributed by atoms with E-state index >= 15 is 0 Å². The van der Waals surface area contributed by atoms with E-state index < -0.39 is 38.4 Å². The van der Waals surface area contributed by atoms with Crippen molar-refractivity contribution in [2.75, 3.05) is 49.3 Å². The van der Waals surface area contributed by atoms with E-state index in [1.54, 1.807) is 38.4 Å². The van der Waals surface area contributed by atoms with E-state index in [9.17, 15) is 26.4 Å². The molecule has 312 valence electrons. The molecule has 1 saturated heterocycles. The van der Waals surface area contributed by atoms with Gasteiger partial charge in [0, 0.05) is 61.0 Å². The first-order chi connectivity index (χ1) is 27.0. The zero-order valence-electron chi connectivity index (χ0n) is 34.5. The summed E-state index contributed by atoms with van der Waals surface area (Å²) in [6.45, 7) is 7.74. The second-order valence-electron chi connectivity index (χ2n) is 15.8. The number of furan rings is 2. The molecule has 2 amide bonds. The van der Waals surface area contributed by atoms with Crippen LogP contribution in [0.3, 0.4) is 0 Å². The van der Waals surface area contributed by atoms with Gasteiger partial charge in [0.25, 0.3) is 11.8 Å². The molecule has 58 heavy (non-hydrogen) atoms. The maximum absolute atomic E-state index is 12.9. The molecule has 2 N–H and O–H groups in total. The van der Waals surface area contributed by atoms with Crippen LogP contribution in [-0.2, 0) is 29.4 Å². The lowest BCUT2D eigenvalue weighted by molar-refractivity contribution is 0.00578. The average molecular weight is 902 g/mol. The second kappa shape index (κ2) is 15.8. The predicted octanol–water partition coefficient (Wildman–Crippen LogP) is 6.57. The van der Waals surface area contributed by atoms with Gasteiger partial charge in [0.2, 0.25) is 20.0 Å². The lowest BCUT2D eigenvalue weighted by Crippen LogP contribution is -2.41. The van der Waals surface area contributed by atoms with Gasteiger partial charge in [-0.15, -0.1) is 0 Å². The fraction of sp³-hybridized carbons (Fsp3) is 0.450. The molecule has 0 radical (unpaired) electrons. The van der Waals surface area contributed by atoms with E-state index in [1.807, 2.05) is 27.7 Å². The number of hydrogen-bond donors (Lipinski definition) is 2. The maximum atomic E-state index is 12.9. The Kier molecular flexibility index (Phi) is 11.9. The minimum absolute atomic E-state index is 0.224. The average Bonchev–Trinajstić information content (AvgIpc) is 3.99. The number of allylic oxidation sites excluding steroid dienone is 4. The zero-order chi connectivity index (χ0) is 42.7. The van der Waals surface area contributed by atoms with Gasteiger partial charge in [-0.1, -0.05) is 12.2 Å². The van der Waals surface area contributed by atoms with Gasteiger partial charge in [0.1, 0.15) is 22.7 Å². The highest BCUT2D eigenvalue weighted by atomic mass is 79.9. The number of hydrogen-bond acceptors (Lipinski definition) is 10. The van der Waals surface area contributed by atoms with Crippen LogP contribution >= 0.6 is 15.9 Å². The minimum atomic E-state index is -3.58. The Bertz CT molecular complexity index is 2600. The monoisotopic (exact) mass is 900 g/mol. The third-order valence-corrected chi connectivity index (χ3v) is 14.4. The number of carbonyl (C=O) groups is 2. The third-order valence-electron chi connectivity index (χ3n) is 11.3. The van der Waals surface area contributed by atoms with Crippen molar-refractivity contribution >= 4 is 105 Å². The third kappa shape index (κ3) is 8.09. The van der Waals surface area contributed by atoms with E-state index in [-0.39, 0.29) is 11.8 Å². The van der Waals surface area contributed by atoms with Crippen molar-refractivity contribution in [1.29, 1.82) is 0 Å². The molecule has 14 nitrogen and oxygen atoms in total. The van der Waals surface area contributed by atoms with Crippen LogP contribution in [0.4, 0.5) is 11.4 Å². The molecule has 1 aliphatic heterocycles. The number of sulfonamides is 2. The Balaban J connectivity index is 0.000000203. The number of rotatable bonds is 9. The first-order valence-electron chi connectivity index (χ1n) is 18.9. The smallest absolute Gasteiger partial charge is 0.455 e. The van der Waals surface area contributed by atoms with Crippen LogP contribution in [0.15, 0.2) is 49.7 Å². The molecule has 0 unspecified atom stereocenters. The van der Waals surface area contributed by atoms with Gasteiger partial charge in [0.05, 0.1) is 46.2 Å². The molecular formula is C40H50BBrN4O10S2. The van der Waals surface area contributed by atoms with E-state index in [2.05, 4.69) is 38.7 Å². The summed E-state index contributed by atoms with van der Waals surface area (Å²) in [5.74, 6) is 0.608. The van der Waals surface area contributed by atoms with E-state index in [1.165, 1.54) is 22.7 Å². The van der Waals surface area contributed by atoms with Crippen molar-refractivity contribution in [2.45, 2.75) is 77.4 Å². The van der Waals surface area contributed by atoms with Gasteiger partial charge in [-0.05, 0) is 105 Å². The van der Waals surface area contributed by atoms with E-state index in [4.69, 9.17) is 18.1 Å². The highest BCUT2D eigenvalue weighted by Gasteiger charge is 2.53. The predicted molar refractivity (Wildman–Crippen MR) is 233 cm³/mol. The number of amides is 2. The van der Waals surface area contributed by atoms with Crippen LogP contribution in [0.2, 0.25) is 0 Å². The van der Waals surface area contributed by atoms with Crippen LogP contribution in [0.25, 0.3) is 33.1 Å². The molecular weight excluding hydrogens is 851 g/mol. The topological polar surface area (TPSA) is 178 Å². The molecule has 3 heterocycles. The summed E-state index contributed by atoms with van der Waals surface area (Å²) >= 11 is 3.41. The largest absolute Gasteiger partial charge is 0.497 e. The Morgan fingerprint density at radius 1 is 0.707 bits per heavy atom. The maximum Gasteiger partial charge on any atom is 0.497 e. The number of nitrogens with one attached hydrogen (secondary N) is 2. The quantitative estimate of drug-likeness (QED) is 0.175. The standard InChI is InChI=1S/C23H31BN2O6S.C17H19BrN2O4S/c1-22(2)23(3,4)32-24(31-22)16-12-15-18(13-17(16)26(6)33(7,28)29)30-20(14-10-8-9-11-14)19(15)21(27)25-5;1-19-17(21)15-11-8-12(18)13(20(2)25(3,22)23)9-14(11)24-16(15)10-6-4-5-7-10/h10,12-13H,8-9,11H2,1-7H3,(H,25,27);6,8-9H,4-5,7H2,1-3H3,(H,19,21). The molecule has 2 aromatic heterocycles. The summed E-state index contributed by atoms with van der Waals surface area (Å²) in [5.41, 5.74) is 3.97. The summed E-state index contributed by atoms with van der Waals surface area (Å²) in [5, 5.41) is 6.60. The van der Waals surface area contributed by atoms with Gasteiger partial charge in [0.15, 0.2) is 0 Å². The number of halogens is 1. The Morgan fingerprint density at radius 3 is 1.52 bits per heavy atom. The summed E-state index contributed by atoms with van der Waals surface area (Å²) in [6.07, 6.45) is 12.1. The van der Waals surface area contributed by atoms with Gasteiger partial charge in [-0.3, -0.25) is 18.2 Å². The molecule has 0 spiro atoms. The van der Waals surface area contributed by atoms with Gasteiger partial charge < -0.3 is 28.8 Å². The Labute approximate surface area is 348 Å². The van der Waals surface area contributed by atoms with E-state index in [0.717, 1.165) is 62.2 Å². The van der Waals surface area contributed by atoms with Crippen molar-refractivity contribution in [3.05, 3.63) is 63.5 Å². The molecule has 0 bridgehead atoms. The first kappa shape index (κ1) is 43.5. The van der Waals surface area contributed by atoms with Crippen molar-refractivity contribution < 1.29 is 44.6 Å². The molecule has 18 heteroatoms. The van der Waals surface area contributed by atoms with Crippen LogP contribution in [0.5, 0.6) is 0 Å². The molecule has 4 aromatic rings. The lowest BCUT2D eigenvalue weighted by atomic mass is 9.77. The van der Waals surface area contributed by atoms with Crippen molar-refractivity contribution in [3.8, 4) is 0 Å².